The number of carbonyl (C=O) groups excluding carboxylic acids is 1. The monoisotopic (exact) mass is 322 g/mol. The van der Waals surface area contributed by atoms with Gasteiger partial charge in [-0.2, -0.15) is 0 Å². The van der Waals surface area contributed by atoms with Crippen molar-refractivity contribution in [3.05, 3.63) is 41.0 Å². The highest BCUT2D eigenvalue weighted by Gasteiger charge is 2.24. The molecule has 0 saturated carbocycles. The van der Waals surface area contributed by atoms with Crippen LogP contribution in [0.5, 0.6) is 0 Å². The lowest BCUT2D eigenvalue weighted by Crippen LogP contribution is -2.44. The minimum Gasteiger partial charge on any atom is -0.339 e. The maximum absolute atomic E-state index is 12.3. The summed E-state index contributed by atoms with van der Waals surface area (Å²) in [6, 6.07) is 6.43. The molecule has 1 fully saturated rings. The van der Waals surface area contributed by atoms with Crippen LogP contribution in [0.25, 0.3) is 6.08 Å². The number of nitrogens with two attached hydrogens (primary N) is 1. The predicted molar refractivity (Wildman–Crippen MR) is 95.2 cm³/mol. The second-order valence-corrected chi connectivity index (χ2v) is 6.24. The molecule has 0 radical (unpaired) electrons. The van der Waals surface area contributed by atoms with E-state index in [1.807, 2.05) is 17.9 Å². The number of hydrogen-bond donors (Lipinski definition) is 1. The fourth-order valence-electron chi connectivity index (χ4n) is 2.92. The maximum Gasteiger partial charge on any atom is 0.246 e. The smallest absolute Gasteiger partial charge is 0.246 e. The average Bonchev–Trinajstić information content (AvgIpc) is 2.46. The maximum atomic E-state index is 12.3. The van der Waals surface area contributed by atoms with Crippen LogP contribution < -0.4 is 5.73 Å². The van der Waals surface area contributed by atoms with Gasteiger partial charge < -0.3 is 10.6 Å². The van der Waals surface area contributed by atoms with Gasteiger partial charge in [0.1, 0.15) is 0 Å². The second-order valence-electron chi connectivity index (χ2n) is 6.24. The Bertz CT molecular complexity index is 540. The van der Waals surface area contributed by atoms with E-state index >= 15 is 0 Å². The molecule has 0 aliphatic carbocycles. The minimum atomic E-state index is 0. The molecule has 2 unspecified atom stereocenters. The number of likely N-dealkylation sites (tertiary alicyclic amines) is 1. The highest BCUT2D eigenvalue weighted by molar-refractivity contribution is 5.92. The van der Waals surface area contributed by atoms with Gasteiger partial charge in [0.25, 0.3) is 0 Å². The quantitative estimate of drug-likeness (QED) is 0.868. The topological polar surface area (TPSA) is 46.3 Å². The zero-order valence-electron chi connectivity index (χ0n) is 13.7. The third-order valence-corrected chi connectivity index (χ3v) is 4.34. The minimum absolute atomic E-state index is 0. The first-order valence-electron chi connectivity index (χ1n) is 7.77. The first-order chi connectivity index (χ1) is 9.97. The fourth-order valence-corrected chi connectivity index (χ4v) is 2.92. The van der Waals surface area contributed by atoms with Crippen molar-refractivity contribution >= 4 is 24.4 Å². The number of aryl methyl sites for hydroxylation is 2. The van der Waals surface area contributed by atoms with Crippen LogP contribution in [0.3, 0.4) is 0 Å². The molecule has 1 aliphatic heterocycles. The lowest BCUT2D eigenvalue weighted by atomic mass is 9.92. The standard InChI is InChI=1S/C18H26N2O.ClH/c1-13-6-7-16(14(2)11-13)8-9-18(21)20-10-4-5-17(12-20)15(3)19;/h6-9,11,15,17H,4-5,10,12,19H2,1-3H3;1H. The summed E-state index contributed by atoms with van der Waals surface area (Å²) in [5.41, 5.74) is 9.52. The van der Waals surface area contributed by atoms with Crippen molar-refractivity contribution in [2.24, 2.45) is 11.7 Å². The Labute approximate surface area is 140 Å². The molecule has 1 aromatic rings. The third kappa shape index (κ3) is 4.85. The van der Waals surface area contributed by atoms with Crippen LogP contribution in [0.1, 0.15) is 36.5 Å². The van der Waals surface area contributed by atoms with Crippen LogP contribution >= 0.6 is 12.4 Å². The Morgan fingerprint density at radius 3 is 2.77 bits per heavy atom. The molecule has 1 aromatic carbocycles. The number of rotatable bonds is 3. The van der Waals surface area contributed by atoms with Crippen molar-refractivity contribution in [2.45, 2.75) is 39.7 Å². The van der Waals surface area contributed by atoms with Crippen molar-refractivity contribution < 1.29 is 4.79 Å². The summed E-state index contributed by atoms with van der Waals surface area (Å²) in [5, 5.41) is 0. The van der Waals surface area contributed by atoms with Crippen molar-refractivity contribution in [3.63, 3.8) is 0 Å². The van der Waals surface area contributed by atoms with Crippen LogP contribution in [-0.4, -0.2) is 29.9 Å². The molecule has 1 heterocycles. The van der Waals surface area contributed by atoms with E-state index < -0.39 is 0 Å². The van der Waals surface area contributed by atoms with E-state index in [1.54, 1.807) is 6.08 Å². The van der Waals surface area contributed by atoms with E-state index in [0.29, 0.717) is 5.92 Å². The van der Waals surface area contributed by atoms with E-state index in [0.717, 1.165) is 31.5 Å². The van der Waals surface area contributed by atoms with Gasteiger partial charge in [-0.25, -0.2) is 0 Å². The molecule has 0 spiro atoms. The van der Waals surface area contributed by atoms with Crippen molar-refractivity contribution in [2.75, 3.05) is 13.1 Å². The first-order valence-corrected chi connectivity index (χ1v) is 7.77. The third-order valence-electron chi connectivity index (χ3n) is 4.34. The fraction of sp³-hybridized carbons (Fsp3) is 0.500. The number of halogens is 1. The number of amides is 1. The zero-order chi connectivity index (χ0) is 15.4. The summed E-state index contributed by atoms with van der Waals surface area (Å²) in [6.07, 6.45) is 5.80. The van der Waals surface area contributed by atoms with Gasteiger partial charge in [-0.3, -0.25) is 4.79 Å². The van der Waals surface area contributed by atoms with E-state index in [-0.39, 0.29) is 24.4 Å². The first kappa shape index (κ1) is 18.7. The Morgan fingerprint density at radius 2 is 2.14 bits per heavy atom. The lowest BCUT2D eigenvalue weighted by molar-refractivity contribution is -0.127. The average molecular weight is 323 g/mol. The number of piperidine rings is 1. The normalized spacial score (nSPS) is 19.8. The van der Waals surface area contributed by atoms with Crippen LogP contribution in [0.15, 0.2) is 24.3 Å². The van der Waals surface area contributed by atoms with Crippen LogP contribution in [0, 0.1) is 19.8 Å². The number of hydrogen-bond acceptors (Lipinski definition) is 2. The van der Waals surface area contributed by atoms with Gasteiger partial charge in [0.2, 0.25) is 5.91 Å². The van der Waals surface area contributed by atoms with E-state index in [9.17, 15) is 4.79 Å². The van der Waals surface area contributed by atoms with Gasteiger partial charge in [0.15, 0.2) is 0 Å². The molecule has 2 rings (SSSR count). The summed E-state index contributed by atoms with van der Waals surface area (Å²) >= 11 is 0. The second kappa shape index (κ2) is 8.35. The number of carbonyl (C=O) groups is 1. The summed E-state index contributed by atoms with van der Waals surface area (Å²) in [4.78, 5) is 14.2. The molecule has 2 atom stereocenters. The molecular weight excluding hydrogens is 296 g/mol. The Kier molecular flexibility index (Phi) is 7.11. The van der Waals surface area contributed by atoms with Gasteiger partial charge in [-0.1, -0.05) is 23.8 Å². The molecule has 0 bridgehead atoms. The Morgan fingerprint density at radius 1 is 1.41 bits per heavy atom. The predicted octanol–water partition coefficient (Wildman–Crippen LogP) is 3.32. The van der Waals surface area contributed by atoms with Crippen LogP contribution in [0.4, 0.5) is 0 Å². The molecule has 4 heteroatoms. The molecule has 3 nitrogen and oxygen atoms in total. The molecule has 0 aromatic heterocycles. The molecule has 1 aliphatic rings. The Hall–Kier alpha value is -1.32. The SMILES string of the molecule is Cc1ccc(C=CC(=O)N2CCCC(C(C)N)C2)c(C)c1.Cl. The molecular formula is C18H27ClN2O. The van der Waals surface area contributed by atoms with Gasteiger partial charge in [0.05, 0.1) is 0 Å². The summed E-state index contributed by atoms with van der Waals surface area (Å²) in [6.45, 7) is 7.81. The van der Waals surface area contributed by atoms with Gasteiger partial charge in [-0.15, -0.1) is 12.4 Å². The number of nitrogens with zero attached hydrogens (tertiary/aromatic N) is 1. The van der Waals surface area contributed by atoms with E-state index in [2.05, 4.69) is 32.0 Å². The molecule has 122 valence electrons. The lowest BCUT2D eigenvalue weighted by Gasteiger charge is -2.34. The summed E-state index contributed by atoms with van der Waals surface area (Å²) < 4.78 is 0. The van der Waals surface area contributed by atoms with Gasteiger partial charge >= 0.3 is 0 Å². The largest absolute Gasteiger partial charge is 0.339 e. The van der Waals surface area contributed by atoms with Gasteiger partial charge in [-0.05, 0) is 56.7 Å². The van der Waals surface area contributed by atoms with E-state index in [4.69, 9.17) is 5.73 Å². The van der Waals surface area contributed by atoms with Crippen LogP contribution in [0.2, 0.25) is 0 Å². The van der Waals surface area contributed by atoms with Crippen molar-refractivity contribution in [1.29, 1.82) is 0 Å². The van der Waals surface area contributed by atoms with Gasteiger partial charge in [0, 0.05) is 25.2 Å². The van der Waals surface area contributed by atoms with E-state index in [1.165, 1.54) is 11.1 Å². The molecule has 1 saturated heterocycles. The zero-order valence-corrected chi connectivity index (χ0v) is 14.5. The highest BCUT2D eigenvalue weighted by Crippen LogP contribution is 2.19. The van der Waals surface area contributed by atoms with Crippen LogP contribution in [-0.2, 0) is 4.79 Å². The highest BCUT2D eigenvalue weighted by atomic mass is 35.5. The summed E-state index contributed by atoms with van der Waals surface area (Å²) in [7, 11) is 0. The van der Waals surface area contributed by atoms with Crippen molar-refractivity contribution in [1.82, 2.24) is 4.90 Å². The molecule has 1 amide bonds. The number of benzene rings is 1. The summed E-state index contributed by atoms with van der Waals surface area (Å²) in [5.74, 6) is 0.525. The molecule has 22 heavy (non-hydrogen) atoms. The Balaban J connectivity index is 0.00000242. The van der Waals surface area contributed by atoms with Crippen molar-refractivity contribution in [3.8, 4) is 0 Å². The molecule has 2 N–H and O–H groups in total.